The maximum atomic E-state index is 12.8. The van der Waals surface area contributed by atoms with Crippen molar-refractivity contribution in [2.24, 2.45) is 5.92 Å². The topological polar surface area (TPSA) is 52.7 Å². The minimum absolute atomic E-state index is 0.0291. The standard InChI is InChI=1S/C22H26BrN3O2/c1-3-25(2)20-10-4-17(5-11-20)22(28)26-14-12-16(13-15-26)21(27)24-19-8-6-18(23)7-9-19/h4-11,16H,3,12-15H2,1-2H3,(H,24,27). The lowest BCUT2D eigenvalue weighted by atomic mass is 9.95. The van der Waals surface area contributed by atoms with E-state index in [0.29, 0.717) is 31.5 Å². The van der Waals surface area contributed by atoms with Crippen LogP contribution < -0.4 is 10.2 Å². The number of nitrogens with zero attached hydrogens (tertiary/aromatic N) is 2. The zero-order valence-electron chi connectivity index (χ0n) is 16.3. The van der Waals surface area contributed by atoms with E-state index in [-0.39, 0.29) is 17.7 Å². The number of hydrogen-bond donors (Lipinski definition) is 1. The maximum absolute atomic E-state index is 12.8. The summed E-state index contributed by atoms with van der Waals surface area (Å²) in [7, 11) is 2.03. The second-order valence-corrected chi connectivity index (χ2v) is 8.04. The Balaban J connectivity index is 1.53. The van der Waals surface area contributed by atoms with E-state index in [0.717, 1.165) is 22.4 Å². The van der Waals surface area contributed by atoms with Crippen LogP contribution in [0.5, 0.6) is 0 Å². The fourth-order valence-electron chi connectivity index (χ4n) is 3.35. The van der Waals surface area contributed by atoms with Crippen LogP contribution in [0.25, 0.3) is 0 Å². The van der Waals surface area contributed by atoms with Crippen LogP contribution in [-0.2, 0) is 4.79 Å². The molecule has 1 saturated heterocycles. The van der Waals surface area contributed by atoms with Gasteiger partial charge in [0.05, 0.1) is 0 Å². The largest absolute Gasteiger partial charge is 0.375 e. The summed E-state index contributed by atoms with van der Waals surface area (Å²) in [6.07, 6.45) is 1.37. The summed E-state index contributed by atoms with van der Waals surface area (Å²) in [5.74, 6) is 0.00660. The number of likely N-dealkylation sites (tertiary alicyclic amines) is 1. The van der Waals surface area contributed by atoms with Gasteiger partial charge in [0.2, 0.25) is 5.91 Å². The molecule has 2 aromatic rings. The zero-order valence-corrected chi connectivity index (χ0v) is 17.9. The number of nitrogens with one attached hydrogen (secondary N) is 1. The number of piperidine rings is 1. The van der Waals surface area contributed by atoms with E-state index in [1.807, 2.05) is 60.5 Å². The van der Waals surface area contributed by atoms with Crippen molar-refractivity contribution in [2.45, 2.75) is 19.8 Å². The highest BCUT2D eigenvalue weighted by Crippen LogP contribution is 2.22. The average Bonchev–Trinajstić information content (AvgIpc) is 2.74. The van der Waals surface area contributed by atoms with Crippen LogP contribution in [0.2, 0.25) is 0 Å². The van der Waals surface area contributed by atoms with Gasteiger partial charge in [0.25, 0.3) is 5.91 Å². The number of carbonyl (C=O) groups excluding carboxylic acids is 2. The van der Waals surface area contributed by atoms with Crippen molar-refractivity contribution in [3.63, 3.8) is 0 Å². The second-order valence-electron chi connectivity index (χ2n) is 7.12. The maximum Gasteiger partial charge on any atom is 0.253 e. The van der Waals surface area contributed by atoms with Crippen molar-refractivity contribution in [3.05, 3.63) is 58.6 Å². The van der Waals surface area contributed by atoms with E-state index in [1.54, 1.807) is 0 Å². The van der Waals surface area contributed by atoms with E-state index in [2.05, 4.69) is 33.1 Å². The van der Waals surface area contributed by atoms with E-state index in [4.69, 9.17) is 0 Å². The van der Waals surface area contributed by atoms with Gasteiger partial charge >= 0.3 is 0 Å². The van der Waals surface area contributed by atoms with Gasteiger partial charge in [-0.05, 0) is 68.3 Å². The van der Waals surface area contributed by atoms with Crippen LogP contribution in [0.4, 0.5) is 11.4 Å². The molecular weight excluding hydrogens is 418 g/mol. The molecule has 0 atom stereocenters. The van der Waals surface area contributed by atoms with Gasteiger partial charge < -0.3 is 15.1 Å². The van der Waals surface area contributed by atoms with Crippen LogP contribution in [0.1, 0.15) is 30.1 Å². The fraction of sp³-hybridized carbons (Fsp3) is 0.364. The Hall–Kier alpha value is -2.34. The number of rotatable bonds is 5. The van der Waals surface area contributed by atoms with E-state index >= 15 is 0 Å². The molecule has 0 saturated carbocycles. The van der Waals surface area contributed by atoms with Gasteiger partial charge in [0, 0.05) is 54.0 Å². The normalized spacial score (nSPS) is 14.6. The molecule has 2 aromatic carbocycles. The molecule has 1 aliphatic rings. The minimum atomic E-state index is -0.0618. The number of halogens is 1. The number of amides is 2. The highest BCUT2D eigenvalue weighted by Gasteiger charge is 2.27. The van der Waals surface area contributed by atoms with Crippen molar-refractivity contribution in [2.75, 3.05) is 36.9 Å². The molecule has 6 heteroatoms. The number of hydrogen-bond acceptors (Lipinski definition) is 3. The summed E-state index contributed by atoms with van der Waals surface area (Å²) >= 11 is 3.39. The first-order chi connectivity index (χ1) is 13.5. The van der Waals surface area contributed by atoms with E-state index < -0.39 is 0 Å². The van der Waals surface area contributed by atoms with Crippen LogP contribution in [0.15, 0.2) is 53.0 Å². The molecule has 0 spiro atoms. The van der Waals surface area contributed by atoms with Crippen LogP contribution in [0.3, 0.4) is 0 Å². The molecule has 2 amide bonds. The van der Waals surface area contributed by atoms with Crippen molar-refractivity contribution in [3.8, 4) is 0 Å². The SMILES string of the molecule is CCN(C)c1ccc(C(=O)N2CCC(C(=O)Nc3ccc(Br)cc3)CC2)cc1. The van der Waals surface area contributed by atoms with Gasteiger partial charge in [0.1, 0.15) is 0 Å². The van der Waals surface area contributed by atoms with E-state index in [9.17, 15) is 9.59 Å². The Morgan fingerprint density at radius 3 is 2.25 bits per heavy atom. The lowest BCUT2D eigenvalue weighted by molar-refractivity contribution is -0.121. The molecule has 0 unspecified atom stereocenters. The molecule has 0 aliphatic carbocycles. The average molecular weight is 444 g/mol. The van der Waals surface area contributed by atoms with Crippen molar-refractivity contribution in [1.29, 1.82) is 0 Å². The van der Waals surface area contributed by atoms with Crippen LogP contribution in [0, 0.1) is 5.92 Å². The second kappa shape index (κ2) is 9.24. The lowest BCUT2D eigenvalue weighted by Gasteiger charge is -2.31. The molecule has 1 N–H and O–H groups in total. The Morgan fingerprint density at radius 2 is 1.68 bits per heavy atom. The van der Waals surface area contributed by atoms with Gasteiger partial charge in [-0.15, -0.1) is 0 Å². The molecule has 1 heterocycles. The Labute approximate surface area is 174 Å². The first-order valence-corrected chi connectivity index (χ1v) is 10.4. The summed E-state index contributed by atoms with van der Waals surface area (Å²) in [6, 6.07) is 15.3. The Bertz CT molecular complexity index is 813. The highest BCUT2D eigenvalue weighted by molar-refractivity contribution is 9.10. The summed E-state index contributed by atoms with van der Waals surface area (Å²) in [6.45, 7) is 4.22. The van der Waals surface area contributed by atoms with Crippen molar-refractivity contribution in [1.82, 2.24) is 4.90 Å². The van der Waals surface area contributed by atoms with Crippen LogP contribution in [-0.4, -0.2) is 43.4 Å². The third-order valence-electron chi connectivity index (χ3n) is 5.29. The molecule has 1 aliphatic heterocycles. The third kappa shape index (κ3) is 4.93. The smallest absolute Gasteiger partial charge is 0.253 e. The molecule has 0 aromatic heterocycles. The highest BCUT2D eigenvalue weighted by atomic mass is 79.9. The van der Waals surface area contributed by atoms with Gasteiger partial charge in [-0.2, -0.15) is 0 Å². The first kappa shape index (κ1) is 20.4. The molecular formula is C22H26BrN3O2. The van der Waals surface area contributed by atoms with Crippen molar-refractivity contribution >= 4 is 39.1 Å². The monoisotopic (exact) mass is 443 g/mol. The zero-order chi connectivity index (χ0) is 20.1. The van der Waals surface area contributed by atoms with Crippen LogP contribution >= 0.6 is 15.9 Å². The first-order valence-electron chi connectivity index (χ1n) is 9.65. The molecule has 0 bridgehead atoms. The van der Waals surface area contributed by atoms with Gasteiger partial charge in [-0.1, -0.05) is 15.9 Å². The minimum Gasteiger partial charge on any atom is -0.375 e. The summed E-state index contributed by atoms with van der Waals surface area (Å²) in [5, 5.41) is 2.97. The number of benzene rings is 2. The fourth-order valence-corrected chi connectivity index (χ4v) is 3.61. The quantitative estimate of drug-likeness (QED) is 0.744. The molecule has 3 rings (SSSR count). The lowest BCUT2D eigenvalue weighted by Crippen LogP contribution is -2.41. The molecule has 5 nitrogen and oxygen atoms in total. The predicted molar refractivity (Wildman–Crippen MR) is 117 cm³/mol. The van der Waals surface area contributed by atoms with Crippen molar-refractivity contribution < 1.29 is 9.59 Å². The molecule has 0 radical (unpaired) electrons. The third-order valence-corrected chi connectivity index (χ3v) is 5.82. The summed E-state index contributed by atoms with van der Waals surface area (Å²) in [4.78, 5) is 29.2. The van der Waals surface area contributed by atoms with Gasteiger partial charge in [-0.25, -0.2) is 0 Å². The Kier molecular flexibility index (Phi) is 6.73. The van der Waals surface area contributed by atoms with Gasteiger partial charge in [-0.3, -0.25) is 9.59 Å². The number of carbonyl (C=O) groups is 2. The molecule has 148 valence electrons. The summed E-state index contributed by atoms with van der Waals surface area (Å²) in [5.41, 5.74) is 2.59. The van der Waals surface area contributed by atoms with E-state index in [1.165, 1.54) is 0 Å². The molecule has 28 heavy (non-hydrogen) atoms. The number of anilines is 2. The predicted octanol–water partition coefficient (Wildman–Crippen LogP) is 4.40. The Morgan fingerprint density at radius 1 is 1.07 bits per heavy atom. The summed E-state index contributed by atoms with van der Waals surface area (Å²) < 4.78 is 0.978. The van der Waals surface area contributed by atoms with Gasteiger partial charge in [0.15, 0.2) is 0 Å². The molecule has 1 fully saturated rings.